The fraction of sp³-hybridized carbons (Fsp3) is 0.161. The van der Waals surface area contributed by atoms with Gasteiger partial charge in [0.2, 0.25) is 5.91 Å². The number of nitrogens with zero attached hydrogens (tertiary/aromatic N) is 1. The SMILES string of the molecule is Cc1ccc(C(=O)N(Cc2cccc(C)c2)c2ccc(CC(=O)NCc3ccc(F)cc3)cc2)cc1. The Morgan fingerprint density at radius 3 is 2.08 bits per heavy atom. The van der Waals surface area contributed by atoms with Gasteiger partial charge in [0.25, 0.3) is 5.91 Å². The van der Waals surface area contributed by atoms with E-state index in [0.717, 1.165) is 33.5 Å². The molecule has 182 valence electrons. The zero-order valence-electron chi connectivity index (χ0n) is 20.5. The first-order chi connectivity index (χ1) is 17.4. The highest BCUT2D eigenvalue weighted by atomic mass is 19.1. The maximum Gasteiger partial charge on any atom is 0.258 e. The van der Waals surface area contributed by atoms with Gasteiger partial charge in [-0.05, 0) is 66.9 Å². The Hall–Kier alpha value is -4.25. The Kier molecular flexibility index (Phi) is 7.91. The summed E-state index contributed by atoms with van der Waals surface area (Å²) in [5.74, 6) is -0.511. The molecule has 4 nitrogen and oxygen atoms in total. The van der Waals surface area contributed by atoms with Gasteiger partial charge in [-0.1, -0.05) is 71.8 Å². The summed E-state index contributed by atoms with van der Waals surface area (Å²) >= 11 is 0. The van der Waals surface area contributed by atoms with Crippen LogP contribution in [0.3, 0.4) is 0 Å². The van der Waals surface area contributed by atoms with E-state index in [0.29, 0.717) is 18.7 Å². The minimum absolute atomic E-state index is 0.0821. The molecule has 0 atom stereocenters. The number of carbonyl (C=O) groups excluding carboxylic acids is 2. The highest BCUT2D eigenvalue weighted by molar-refractivity contribution is 6.06. The molecule has 0 saturated carbocycles. The van der Waals surface area contributed by atoms with E-state index in [9.17, 15) is 14.0 Å². The Bertz CT molecular complexity index is 1330. The highest BCUT2D eigenvalue weighted by Crippen LogP contribution is 2.22. The normalized spacial score (nSPS) is 10.6. The van der Waals surface area contributed by atoms with Crippen molar-refractivity contribution < 1.29 is 14.0 Å². The lowest BCUT2D eigenvalue weighted by Gasteiger charge is -2.24. The molecule has 4 rings (SSSR count). The van der Waals surface area contributed by atoms with Crippen molar-refractivity contribution in [2.75, 3.05) is 4.90 Å². The monoisotopic (exact) mass is 480 g/mol. The molecular weight excluding hydrogens is 451 g/mol. The van der Waals surface area contributed by atoms with Crippen LogP contribution < -0.4 is 10.2 Å². The smallest absolute Gasteiger partial charge is 0.258 e. The van der Waals surface area contributed by atoms with Gasteiger partial charge in [-0.3, -0.25) is 9.59 Å². The van der Waals surface area contributed by atoms with Gasteiger partial charge >= 0.3 is 0 Å². The van der Waals surface area contributed by atoms with Crippen LogP contribution in [0.2, 0.25) is 0 Å². The maximum absolute atomic E-state index is 13.5. The summed E-state index contributed by atoms with van der Waals surface area (Å²) in [5, 5.41) is 2.86. The maximum atomic E-state index is 13.5. The largest absolute Gasteiger partial charge is 0.352 e. The predicted molar refractivity (Wildman–Crippen MR) is 141 cm³/mol. The van der Waals surface area contributed by atoms with Crippen molar-refractivity contribution in [2.24, 2.45) is 0 Å². The summed E-state index contributed by atoms with van der Waals surface area (Å²) < 4.78 is 13.1. The molecule has 0 bridgehead atoms. The van der Waals surface area contributed by atoms with E-state index >= 15 is 0 Å². The number of hydrogen-bond donors (Lipinski definition) is 1. The van der Waals surface area contributed by atoms with E-state index in [-0.39, 0.29) is 24.1 Å². The molecule has 1 N–H and O–H groups in total. The Morgan fingerprint density at radius 2 is 1.42 bits per heavy atom. The lowest BCUT2D eigenvalue weighted by molar-refractivity contribution is -0.120. The van der Waals surface area contributed by atoms with E-state index in [1.807, 2.05) is 80.6 Å². The Morgan fingerprint density at radius 1 is 0.750 bits per heavy atom. The Balaban J connectivity index is 1.48. The third-order valence-corrected chi connectivity index (χ3v) is 5.98. The first-order valence-corrected chi connectivity index (χ1v) is 11.9. The van der Waals surface area contributed by atoms with E-state index in [2.05, 4.69) is 11.4 Å². The van der Waals surface area contributed by atoms with Crippen LogP contribution in [0.25, 0.3) is 0 Å². The van der Waals surface area contributed by atoms with Gasteiger partial charge < -0.3 is 10.2 Å². The molecule has 0 aliphatic rings. The number of aryl methyl sites for hydroxylation is 2. The predicted octanol–water partition coefficient (Wildman–Crippen LogP) is 6.15. The van der Waals surface area contributed by atoms with Crippen molar-refractivity contribution in [1.82, 2.24) is 5.32 Å². The number of benzene rings is 4. The van der Waals surface area contributed by atoms with Gasteiger partial charge in [-0.2, -0.15) is 0 Å². The zero-order chi connectivity index (χ0) is 25.5. The first-order valence-electron chi connectivity index (χ1n) is 11.9. The highest BCUT2D eigenvalue weighted by Gasteiger charge is 2.18. The van der Waals surface area contributed by atoms with Crippen molar-refractivity contribution in [2.45, 2.75) is 33.4 Å². The third kappa shape index (κ3) is 6.66. The molecule has 2 amide bonds. The van der Waals surface area contributed by atoms with Gasteiger partial charge in [-0.15, -0.1) is 0 Å². The van der Waals surface area contributed by atoms with Crippen molar-refractivity contribution in [3.05, 3.63) is 136 Å². The van der Waals surface area contributed by atoms with Gasteiger partial charge in [0, 0.05) is 17.8 Å². The van der Waals surface area contributed by atoms with Gasteiger partial charge in [0.1, 0.15) is 5.82 Å². The number of carbonyl (C=O) groups is 2. The minimum Gasteiger partial charge on any atom is -0.352 e. The molecule has 0 saturated heterocycles. The average Bonchev–Trinajstić information content (AvgIpc) is 2.88. The van der Waals surface area contributed by atoms with Crippen LogP contribution in [0.4, 0.5) is 10.1 Å². The quantitative estimate of drug-likeness (QED) is 0.329. The number of nitrogens with one attached hydrogen (secondary N) is 1. The van der Waals surface area contributed by atoms with Gasteiger partial charge in [0.05, 0.1) is 13.0 Å². The molecule has 0 aromatic heterocycles. The molecule has 0 radical (unpaired) electrons. The van der Waals surface area contributed by atoms with Crippen LogP contribution in [0.15, 0.2) is 97.1 Å². The summed E-state index contributed by atoms with van der Waals surface area (Å²) in [7, 11) is 0. The summed E-state index contributed by atoms with van der Waals surface area (Å²) in [6.45, 7) is 4.80. The second-order valence-electron chi connectivity index (χ2n) is 8.99. The van der Waals surface area contributed by atoms with Crippen LogP contribution >= 0.6 is 0 Å². The van der Waals surface area contributed by atoms with Crippen LogP contribution in [-0.4, -0.2) is 11.8 Å². The molecular formula is C31H29FN2O2. The second kappa shape index (κ2) is 11.5. The lowest BCUT2D eigenvalue weighted by atomic mass is 10.1. The van der Waals surface area contributed by atoms with Crippen molar-refractivity contribution in [3.63, 3.8) is 0 Å². The number of halogens is 1. The van der Waals surface area contributed by atoms with E-state index in [1.54, 1.807) is 17.0 Å². The van der Waals surface area contributed by atoms with E-state index in [4.69, 9.17) is 0 Å². The molecule has 0 spiro atoms. The molecule has 0 aliphatic carbocycles. The first kappa shape index (κ1) is 24.9. The van der Waals surface area contributed by atoms with Gasteiger partial charge in [-0.25, -0.2) is 4.39 Å². The van der Waals surface area contributed by atoms with E-state index in [1.165, 1.54) is 12.1 Å². The molecule has 0 aliphatic heterocycles. The summed E-state index contributed by atoms with van der Waals surface area (Å²) in [6, 6.07) is 29.2. The number of hydrogen-bond acceptors (Lipinski definition) is 2. The molecule has 5 heteroatoms. The molecule has 4 aromatic rings. The molecule has 0 unspecified atom stereocenters. The third-order valence-electron chi connectivity index (χ3n) is 5.98. The van der Waals surface area contributed by atoms with Gasteiger partial charge in [0.15, 0.2) is 0 Å². The molecule has 4 aromatic carbocycles. The standard InChI is InChI=1S/C31H29FN2O2/c1-22-6-12-27(13-7-22)31(36)34(21-26-5-3-4-23(2)18-26)29-16-10-24(11-17-29)19-30(35)33-20-25-8-14-28(32)15-9-25/h3-18H,19-21H2,1-2H3,(H,33,35). The number of rotatable bonds is 8. The lowest BCUT2D eigenvalue weighted by Crippen LogP contribution is -2.30. The number of anilines is 1. The average molecular weight is 481 g/mol. The van der Waals surface area contributed by atoms with Crippen LogP contribution in [0, 0.1) is 19.7 Å². The second-order valence-corrected chi connectivity index (χ2v) is 8.99. The summed E-state index contributed by atoms with van der Waals surface area (Å²) in [4.78, 5) is 27.7. The van der Waals surface area contributed by atoms with Crippen LogP contribution in [0.5, 0.6) is 0 Å². The van der Waals surface area contributed by atoms with Crippen LogP contribution in [0.1, 0.15) is 38.2 Å². The van der Waals surface area contributed by atoms with Crippen LogP contribution in [-0.2, 0) is 24.3 Å². The fourth-order valence-electron chi connectivity index (χ4n) is 3.97. The fourth-order valence-corrected chi connectivity index (χ4v) is 3.97. The summed E-state index contributed by atoms with van der Waals surface area (Å²) in [5.41, 5.74) is 6.33. The van der Waals surface area contributed by atoms with Crippen molar-refractivity contribution in [3.8, 4) is 0 Å². The van der Waals surface area contributed by atoms with E-state index < -0.39 is 0 Å². The molecule has 36 heavy (non-hydrogen) atoms. The topological polar surface area (TPSA) is 49.4 Å². The Labute approximate surface area is 211 Å². The zero-order valence-corrected chi connectivity index (χ0v) is 20.5. The minimum atomic E-state index is -0.303. The van der Waals surface area contributed by atoms with Crippen molar-refractivity contribution in [1.29, 1.82) is 0 Å². The molecule has 0 fully saturated rings. The van der Waals surface area contributed by atoms with Crippen molar-refractivity contribution >= 4 is 17.5 Å². The number of amides is 2. The summed E-state index contributed by atoms with van der Waals surface area (Å²) in [6.07, 6.45) is 0.214. The molecule has 0 heterocycles.